The van der Waals surface area contributed by atoms with Crippen LogP contribution in [0.1, 0.15) is 18.4 Å². The van der Waals surface area contributed by atoms with Gasteiger partial charge < -0.3 is 10.1 Å². The molecule has 6 nitrogen and oxygen atoms in total. The van der Waals surface area contributed by atoms with Crippen molar-refractivity contribution in [2.24, 2.45) is 0 Å². The number of hydrogen-bond donors (Lipinski definition) is 1. The monoisotopic (exact) mass is 345 g/mol. The number of nitrogens with one attached hydrogen (secondary N) is 1. The van der Waals surface area contributed by atoms with Crippen molar-refractivity contribution in [3.8, 4) is 17.1 Å². The van der Waals surface area contributed by atoms with E-state index in [2.05, 4.69) is 34.6 Å². The van der Waals surface area contributed by atoms with E-state index in [1.165, 1.54) is 18.4 Å². The molecule has 0 aliphatic heterocycles. The highest BCUT2D eigenvalue weighted by Crippen LogP contribution is 2.33. The second-order valence-corrected chi connectivity index (χ2v) is 6.76. The van der Waals surface area contributed by atoms with Crippen LogP contribution < -0.4 is 10.1 Å². The Morgan fingerprint density at radius 2 is 1.96 bits per heavy atom. The summed E-state index contributed by atoms with van der Waals surface area (Å²) in [5, 5.41) is 13.5. The van der Waals surface area contributed by atoms with Crippen molar-refractivity contribution in [2.75, 3.05) is 12.4 Å². The molecule has 1 N–H and O–H groups in total. The first-order valence-corrected chi connectivity index (χ1v) is 8.80. The fourth-order valence-corrected chi connectivity index (χ4v) is 3.26. The van der Waals surface area contributed by atoms with E-state index in [9.17, 15) is 0 Å². The molecule has 0 spiro atoms. The van der Waals surface area contributed by atoms with Crippen LogP contribution in [0.25, 0.3) is 27.9 Å². The largest absolute Gasteiger partial charge is 0.496 e. The molecular formula is C20H19N5O. The van der Waals surface area contributed by atoms with Crippen LogP contribution in [-0.4, -0.2) is 32.7 Å². The normalized spacial score (nSPS) is 14.1. The highest BCUT2D eigenvalue weighted by atomic mass is 16.5. The quantitative estimate of drug-likeness (QED) is 0.609. The predicted octanol–water partition coefficient (Wildman–Crippen LogP) is 3.84. The maximum atomic E-state index is 5.54. The molecular weight excluding hydrogens is 326 g/mol. The Morgan fingerprint density at radius 1 is 1.12 bits per heavy atom. The number of rotatable bonds is 4. The van der Waals surface area contributed by atoms with Gasteiger partial charge in [0, 0.05) is 11.4 Å². The third-order valence-corrected chi connectivity index (χ3v) is 4.75. The van der Waals surface area contributed by atoms with E-state index in [0.717, 1.165) is 39.6 Å². The molecule has 26 heavy (non-hydrogen) atoms. The van der Waals surface area contributed by atoms with Crippen LogP contribution in [0.3, 0.4) is 0 Å². The van der Waals surface area contributed by atoms with Gasteiger partial charge in [-0.25, -0.2) is 9.38 Å². The van der Waals surface area contributed by atoms with Gasteiger partial charge in [0.2, 0.25) is 5.95 Å². The van der Waals surface area contributed by atoms with Crippen molar-refractivity contribution in [1.82, 2.24) is 19.6 Å². The third kappa shape index (κ3) is 2.37. The minimum atomic E-state index is 0.474. The Morgan fingerprint density at radius 3 is 2.77 bits per heavy atom. The van der Waals surface area contributed by atoms with Gasteiger partial charge in [-0.3, -0.25) is 0 Å². The second kappa shape index (κ2) is 5.69. The number of benzene rings is 2. The van der Waals surface area contributed by atoms with Crippen molar-refractivity contribution in [1.29, 1.82) is 0 Å². The van der Waals surface area contributed by atoms with Gasteiger partial charge in [0.25, 0.3) is 0 Å². The van der Waals surface area contributed by atoms with Crippen LogP contribution in [-0.2, 0) is 0 Å². The van der Waals surface area contributed by atoms with Crippen molar-refractivity contribution in [2.45, 2.75) is 25.8 Å². The van der Waals surface area contributed by atoms with Gasteiger partial charge >= 0.3 is 0 Å². The average molecular weight is 345 g/mol. The molecule has 1 saturated carbocycles. The first-order chi connectivity index (χ1) is 12.7. The van der Waals surface area contributed by atoms with Crippen LogP contribution in [0.5, 0.6) is 5.75 Å². The summed E-state index contributed by atoms with van der Waals surface area (Å²) in [6.45, 7) is 2.07. The van der Waals surface area contributed by atoms with Gasteiger partial charge in [-0.15, -0.1) is 10.2 Å². The minimum Gasteiger partial charge on any atom is -0.496 e. The molecule has 2 aromatic heterocycles. The summed E-state index contributed by atoms with van der Waals surface area (Å²) >= 11 is 0. The zero-order valence-electron chi connectivity index (χ0n) is 14.7. The van der Waals surface area contributed by atoms with Crippen LogP contribution in [0, 0.1) is 6.92 Å². The second-order valence-electron chi connectivity index (χ2n) is 6.76. The zero-order valence-corrected chi connectivity index (χ0v) is 14.7. The van der Waals surface area contributed by atoms with Crippen LogP contribution in [0.4, 0.5) is 5.95 Å². The lowest BCUT2D eigenvalue weighted by Gasteiger charge is -2.12. The summed E-state index contributed by atoms with van der Waals surface area (Å²) in [6, 6.07) is 14.6. The van der Waals surface area contributed by atoms with Gasteiger partial charge in [-0.05, 0) is 44.0 Å². The number of fused-ring (bicyclic) bond motifs is 3. The lowest BCUT2D eigenvalue weighted by molar-refractivity contribution is 0.416. The fraction of sp³-hybridized carbons (Fsp3) is 0.250. The van der Waals surface area contributed by atoms with E-state index in [4.69, 9.17) is 9.72 Å². The van der Waals surface area contributed by atoms with Crippen molar-refractivity contribution < 1.29 is 4.74 Å². The van der Waals surface area contributed by atoms with Gasteiger partial charge in [-0.1, -0.05) is 23.8 Å². The molecule has 5 rings (SSSR count). The average Bonchev–Trinajstić information content (AvgIpc) is 3.36. The highest BCUT2D eigenvalue weighted by Gasteiger charge is 2.25. The molecule has 0 atom stereocenters. The molecule has 6 heteroatoms. The number of aromatic nitrogens is 4. The molecule has 130 valence electrons. The highest BCUT2D eigenvalue weighted by molar-refractivity contribution is 5.94. The fourth-order valence-electron chi connectivity index (χ4n) is 3.26. The molecule has 2 heterocycles. The summed E-state index contributed by atoms with van der Waals surface area (Å²) in [5.74, 6) is 2.28. The van der Waals surface area contributed by atoms with Gasteiger partial charge in [-0.2, -0.15) is 0 Å². The summed E-state index contributed by atoms with van der Waals surface area (Å²) in [5.41, 5.74) is 3.80. The Kier molecular flexibility index (Phi) is 3.31. The first kappa shape index (κ1) is 15.1. The van der Waals surface area contributed by atoms with E-state index in [1.54, 1.807) is 7.11 Å². The molecule has 0 unspecified atom stereocenters. The lowest BCUT2D eigenvalue weighted by Crippen LogP contribution is -2.10. The van der Waals surface area contributed by atoms with E-state index in [0.29, 0.717) is 6.04 Å². The maximum Gasteiger partial charge on any atom is 0.211 e. The molecule has 1 fully saturated rings. The van der Waals surface area contributed by atoms with Gasteiger partial charge in [0.15, 0.2) is 11.5 Å². The van der Waals surface area contributed by atoms with E-state index >= 15 is 0 Å². The number of methoxy groups -OCH3 is 1. The van der Waals surface area contributed by atoms with Crippen molar-refractivity contribution in [3.05, 3.63) is 48.0 Å². The number of nitrogens with zero attached hydrogens (tertiary/aromatic N) is 4. The van der Waals surface area contributed by atoms with E-state index in [1.807, 2.05) is 34.7 Å². The topological polar surface area (TPSA) is 64.3 Å². The molecule has 0 radical (unpaired) electrons. The van der Waals surface area contributed by atoms with Gasteiger partial charge in [0.05, 0.1) is 18.2 Å². The number of ether oxygens (including phenoxy) is 1. The smallest absolute Gasteiger partial charge is 0.211 e. The Labute approximate surface area is 150 Å². The molecule has 4 aromatic rings. The Bertz CT molecular complexity index is 1130. The number of para-hydroxylation sites is 1. The van der Waals surface area contributed by atoms with Crippen LogP contribution in [0.2, 0.25) is 0 Å². The summed E-state index contributed by atoms with van der Waals surface area (Å²) in [4.78, 5) is 4.87. The molecule has 1 aliphatic rings. The van der Waals surface area contributed by atoms with Crippen molar-refractivity contribution >= 4 is 22.5 Å². The number of hydrogen-bond acceptors (Lipinski definition) is 5. The molecule has 2 aromatic carbocycles. The van der Waals surface area contributed by atoms with Crippen LogP contribution >= 0.6 is 0 Å². The van der Waals surface area contributed by atoms with Gasteiger partial charge in [0.1, 0.15) is 5.75 Å². The number of anilines is 1. The third-order valence-electron chi connectivity index (χ3n) is 4.75. The zero-order chi connectivity index (χ0) is 17.7. The maximum absolute atomic E-state index is 5.54. The Hall–Kier alpha value is -3.15. The first-order valence-electron chi connectivity index (χ1n) is 8.80. The minimum absolute atomic E-state index is 0.474. The van der Waals surface area contributed by atoms with Crippen LogP contribution in [0.15, 0.2) is 42.5 Å². The number of aryl methyl sites for hydroxylation is 1. The van der Waals surface area contributed by atoms with E-state index < -0.39 is 0 Å². The summed E-state index contributed by atoms with van der Waals surface area (Å²) < 4.78 is 7.55. The molecule has 0 bridgehead atoms. The Balaban J connectivity index is 1.84. The summed E-state index contributed by atoms with van der Waals surface area (Å²) in [6.07, 6.45) is 2.34. The molecule has 0 saturated heterocycles. The molecule has 0 amide bonds. The SMILES string of the molecule is COc1ccccc1-c1nnc2c3cc(C)ccc3nc(NC3CC3)n12. The summed E-state index contributed by atoms with van der Waals surface area (Å²) in [7, 11) is 1.67. The predicted molar refractivity (Wildman–Crippen MR) is 102 cm³/mol. The van der Waals surface area contributed by atoms with Crippen molar-refractivity contribution in [3.63, 3.8) is 0 Å². The molecule has 1 aliphatic carbocycles. The van der Waals surface area contributed by atoms with E-state index in [-0.39, 0.29) is 0 Å². The standard InChI is InChI=1S/C20H19N5O/c1-12-7-10-16-15(11-12)19-24-23-18(14-5-3-4-6-17(14)26-2)25(19)20(22-16)21-13-8-9-13/h3-7,10-11,13H,8-9H2,1-2H3,(H,21,22). The lowest BCUT2D eigenvalue weighted by atomic mass is 10.1.